The fourth-order valence-corrected chi connectivity index (χ4v) is 4.61. The van der Waals surface area contributed by atoms with Crippen LogP contribution in [0.15, 0.2) is 34.6 Å². The number of hydroxylamine groups is 1. The Morgan fingerprint density at radius 1 is 1.29 bits per heavy atom. The quantitative estimate of drug-likeness (QED) is 0.879. The lowest BCUT2D eigenvalue weighted by molar-refractivity contribution is -0.155. The van der Waals surface area contributed by atoms with Crippen molar-refractivity contribution < 1.29 is 4.84 Å². The first kappa shape index (κ1) is 12.1. The van der Waals surface area contributed by atoms with Gasteiger partial charge >= 0.3 is 0 Å². The van der Waals surface area contributed by atoms with Crippen LogP contribution in [0.3, 0.4) is 0 Å². The van der Waals surface area contributed by atoms with Crippen LogP contribution in [0.4, 0.5) is 0 Å². The van der Waals surface area contributed by atoms with Crippen LogP contribution in [0.5, 0.6) is 0 Å². The molecule has 0 saturated carbocycles. The maximum Gasteiger partial charge on any atom is 0.202 e. The lowest BCUT2D eigenvalue weighted by Gasteiger charge is -2.47. The van der Waals surface area contributed by atoms with Gasteiger partial charge in [-0.2, -0.15) is 0 Å². The highest BCUT2D eigenvalue weighted by Gasteiger charge is 2.51. The average Bonchev–Trinajstić information content (AvgIpc) is 3.15. The molecule has 0 aliphatic carbocycles. The normalized spacial score (nSPS) is 34.4. The van der Waals surface area contributed by atoms with E-state index < -0.39 is 0 Å². The van der Waals surface area contributed by atoms with Crippen molar-refractivity contribution in [2.75, 3.05) is 19.6 Å². The average molecular weight is 299 g/mol. The molecule has 1 N–H and O–H groups in total. The zero-order chi connectivity index (χ0) is 13.9. The van der Waals surface area contributed by atoms with Crippen LogP contribution < -0.4 is 5.48 Å². The van der Waals surface area contributed by atoms with Gasteiger partial charge in [0.2, 0.25) is 5.72 Å². The molecule has 6 rings (SSSR count). The van der Waals surface area contributed by atoms with Crippen molar-refractivity contribution in [3.63, 3.8) is 0 Å². The highest BCUT2D eigenvalue weighted by atomic mass is 32.1. The molecule has 1 spiro atoms. The molecule has 1 aromatic heterocycles. The van der Waals surface area contributed by atoms with Crippen molar-refractivity contribution in [3.8, 4) is 0 Å². The molecule has 3 fully saturated rings. The first-order chi connectivity index (χ1) is 10.3. The number of piperidine rings is 3. The van der Waals surface area contributed by atoms with Crippen LogP contribution in [0.1, 0.15) is 18.4 Å². The lowest BCUT2D eigenvalue weighted by atomic mass is 9.81. The maximum atomic E-state index is 5.98. The molecule has 108 valence electrons. The van der Waals surface area contributed by atoms with Crippen LogP contribution in [0, 0.1) is 5.92 Å². The van der Waals surface area contributed by atoms with E-state index in [2.05, 4.69) is 40.0 Å². The third-order valence-electron chi connectivity index (χ3n) is 5.03. The Hall–Kier alpha value is -1.43. The summed E-state index contributed by atoms with van der Waals surface area (Å²) in [5.74, 6) is 1.44. The van der Waals surface area contributed by atoms with Crippen LogP contribution in [-0.4, -0.2) is 36.1 Å². The minimum atomic E-state index is -0.352. The summed E-state index contributed by atoms with van der Waals surface area (Å²) in [5.41, 5.74) is 3.87. The first-order valence-electron chi connectivity index (χ1n) is 7.56. The molecule has 4 aliphatic heterocycles. The molecule has 2 aromatic rings. The fraction of sp³-hybridized carbons (Fsp3) is 0.438. The van der Waals surface area contributed by atoms with Crippen molar-refractivity contribution in [3.05, 3.63) is 35.2 Å². The van der Waals surface area contributed by atoms with E-state index in [1.807, 2.05) is 0 Å². The molecule has 3 saturated heterocycles. The number of nitrogens with zero attached hydrogens (tertiary/aromatic N) is 2. The van der Waals surface area contributed by atoms with Crippen LogP contribution in [0.2, 0.25) is 0 Å². The van der Waals surface area contributed by atoms with Gasteiger partial charge in [0.15, 0.2) is 5.84 Å². The molecule has 1 atom stereocenters. The van der Waals surface area contributed by atoms with Crippen LogP contribution in [-0.2, 0) is 4.84 Å². The van der Waals surface area contributed by atoms with E-state index >= 15 is 0 Å². The zero-order valence-corrected chi connectivity index (χ0v) is 12.5. The van der Waals surface area contributed by atoms with E-state index in [1.165, 1.54) is 36.0 Å². The Labute approximate surface area is 127 Å². The Kier molecular flexibility index (Phi) is 2.48. The monoisotopic (exact) mass is 299 g/mol. The van der Waals surface area contributed by atoms with Crippen LogP contribution in [0.25, 0.3) is 10.1 Å². The second kappa shape index (κ2) is 4.29. The highest BCUT2D eigenvalue weighted by molar-refractivity contribution is 7.17. The Balaban J connectivity index is 1.53. The van der Waals surface area contributed by atoms with Gasteiger partial charge in [-0.05, 0) is 61.0 Å². The molecule has 2 bridgehead atoms. The molecule has 21 heavy (non-hydrogen) atoms. The van der Waals surface area contributed by atoms with E-state index in [1.54, 1.807) is 11.3 Å². The molecule has 4 aliphatic rings. The van der Waals surface area contributed by atoms with Gasteiger partial charge < -0.3 is 0 Å². The van der Waals surface area contributed by atoms with E-state index in [0.29, 0.717) is 5.92 Å². The van der Waals surface area contributed by atoms with Gasteiger partial charge in [0.25, 0.3) is 0 Å². The van der Waals surface area contributed by atoms with Gasteiger partial charge in [0.1, 0.15) is 0 Å². The van der Waals surface area contributed by atoms with Crippen LogP contribution >= 0.6 is 11.3 Å². The fourth-order valence-electron chi connectivity index (χ4n) is 3.84. The topological polar surface area (TPSA) is 36.9 Å². The second-order valence-corrected chi connectivity index (χ2v) is 7.18. The van der Waals surface area contributed by atoms with E-state index in [-0.39, 0.29) is 5.72 Å². The highest BCUT2D eigenvalue weighted by Crippen LogP contribution is 2.41. The largest absolute Gasteiger partial charge is 0.298 e. The Bertz CT molecular complexity index is 732. The van der Waals surface area contributed by atoms with Crippen molar-refractivity contribution in [1.29, 1.82) is 0 Å². The zero-order valence-electron chi connectivity index (χ0n) is 11.7. The van der Waals surface area contributed by atoms with Crippen molar-refractivity contribution in [1.82, 2.24) is 10.4 Å². The molecule has 1 aromatic carbocycles. The predicted molar refractivity (Wildman–Crippen MR) is 84.5 cm³/mol. The van der Waals surface area contributed by atoms with E-state index in [9.17, 15) is 0 Å². The predicted octanol–water partition coefficient (Wildman–Crippen LogP) is 2.60. The summed E-state index contributed by atoms with van der Waals surface area (Å²) in [4.78, 5) is 13.4. The number of rotatable bonds is 1. The molecule has 0 amide bonds. The molecule has 0 unspecified atom stereocenters. The summed E-state index contributed by atoms with van der Waals surface area (Å²) in [6, 6.07) is 8.65. The summed E-state index contributed by atoms with van der Waals surface area (Å²) in [7, 11) is 0. The Morgan fingerprint density at radius 3 is 3.00 bits per heavy atom. The number of hydrogen-bond acceptors (Lipinski definition) is 5. The van der Waals surface area contributed by atoms with Gasteiger partial charge in [-0.1, -0.05) is 0 Å². The minimum Gasteiger partial charge on any atom is -0.298 e. The maximum absolute atomic E-state index is 5.98. The smallest absolute Gasteiger partial charge is 0.202 e. The standard InChI is InChI=1S/C16H17N3OS/c1-2-14-11(5-8-21-14)9-12(1)15-17-16(20-18-15)10-19-6-3-13(16)4-7-19/h1-2,5,8-9,13H,3-4,6-7,10H2,(H,17,18)/t16-/m0/s1. The van der Waals surface area contributed by atoms with Gasteiger partial charge in [0, 0.05) is 16.2 Å². The molecule has 5 heteroatoms. The third kappa shape index (κ3) is 1.78. The van der Waals surface area contributed by atoms with Gasteiger partial charge in [0.05, 0.1) is 6.54 Å². The second-order valence-electron chi connectivity index (χ2n) is 6.23. The number of benzene rings is 1. The van der Waals surface area contributed by atoms with Crippen molar-refractivity contribution in [2.45, 2.75) is 18.6 Å². The number of fused-ring (bicyclic) bond motifs is 3. The number of aliphatic imine (C=N–C) groups is 1. The lowest BCUT2D eigenvalue weighted by Crippen LogP contribution is -2.58. The van der Waals surface area contributed by atoms with Gasteiger partial charge in [-0.25, -0.2) is 15.3 Å². The number of hydrogen-bond donors (Lipinski definition) is 1. The van der Waals surface area contributed by atoms with Gasteiger partial charge in [-0.15, -0.1) is 11.3 Å². The molecule has 5 heterocycles. The molecular formula is C16H17N3OS. The SMILES string of the molecule is c1cc2cc(C3=N[C@@]4(CN5CCC4CC5)ON3)ccc2s1. The molecule has 0 radical (unpaired) electrons. The van der Waals surface area contributed by atoms with E-state index in [0.717, 1.165) is 17.9 Å². The number of thiophene rings is 1. The number of amidine groups is 1. The number of nitrogens with one attached hydrogen (secondary N) is 1. The summed E-state index contributed by atoms with van der Waals surface area (Å²) in [6.07, 6.45) is 2.39. The minimum absolute atomic E-state index is 0.352. The third-order valence-corrected chi connectivity index (χ3v) is 5.92. The van der Waals surface area contributed by atoms with E-state index in [4.69, 9.17) is 9.83 Å². The first-order valence-corrected chi connectivity index (χ1v) is 8.44. The molecule has 4 nitrogen and oxygen atoms in total. The van der Waals surface area contributed by atoms with Crippen molar-refractivity contribution in [2.24, 2.45) is 10.9 Å². The summed E-state index contributed by atoms with van der Waals surface area (Å²) in [5, 5.41) is 3.40. The Morgan fingerprint density at radius 2 is 2.19 bits per heavy atom. The molecular weight excluding hydrogens is 282 g/mol. The summed E-state index contributed by atoms with van der Waals surface area (Å²) < 4.78 is 1.32. The van der Waals surface area contributed by atoms with Gasteiger partial charge in [-0.3, -0.25) is 4.90 Å². The summed E-state index contributed by atoms with van der Waals surface area (Å²) in [6.45, 7) is 3.32. The summed E-state index contributed by atoms with van der Waals surface area (Å²) >= 11 is 1.77. The van der Waals surface area contributed by atoms with Crippen molar-refractivity contribution >= 4 is 27.3 Å².